The Kier molecular flexibility index (Phi) is 6.75. The first-order valence-corrected chi connectivity index (χ1v) is 12.6. The summed E-state index contributed by atoms with van der Waals surface area (Å²) >= 11 is 3.41. The summed E-state index contributed by atoms with van der Waals surface area (Å²) in [5.74, 6) is -1.18. The predicted molar refractivity (Wildman–Crippen MR) is 141 cm³/mol. The van der Waals surface area contributed by atoms with E-state index in [0.717, 1.165) is 42.6 Å². The zero-order valence-electron chi connectivity index (χ0n) is 19.6. The molecule has 0 amide bonds. The van der Waals surface area contributed by atoms with Gasteiger partial charge in [-0.1, -0.05) is 35.2 Å². The van der Waals surface area contributed by atoms with Gasteiger partial charge in [-0.15, -0.1) is 0 Å². The van der Waals surface area contributed by atoms with Gasteiger partial charge >= 0.3 is 11.9 Å². The van der Waals surface area contributed by atoms with Crippen LogP contribution in [0.2, 0.25) is 0 Å². The van der Waals surface area contributed by atoms with Gasteiger partial charge in [0.15, 0.2) is 0 Å². The molecule has 5 rings (SSSR count). The van der Waals surface area contributed by atoms with Crippen molar-refractivity contribution in [1.82, 2.24) is 9.66 Å². The van der Waals surface area contributed by atoms with Crippen molar-refractivity contribution >= 4 is 45.0 Å². The Morgan fingerprint density at radius 1 is 1.00 bits per heavy atom. The standard InChI is InChI=1S/C27H22BrN3O6/c28-19-6-8-22-21(13-19)25(32)31(24(30-22)15-4-2-1-3-5-15)29-14-20-7-9-23(37-20)16-10-17(26(33)34)12-18(11-16)27(35)36/h6-15H,1-5H2,(H,33,34)(H,35,36). The number of benzene rings is 2. The number of nitrogens with zero attached hydrogens (tertiary/aromatic N) is 3. The second-order valence-electron chi connectivity index (χ2n) is 8.94. The molecule has 0 spiro atoms. The number of hydrogen-bond donors (Lipinski definition) is 2. The number of aromatic nitrogens is 2. The zero-order chi connectivity index (χ0) is 26.1. The van der Waals surface area contributed by atoms with Gasteiger partial charge in [-0.3, -0.25) is 4.79 Å². The molecule has 1 saturated carbocycles. The van der Waals surface area contributed by atoms with Crippen LogP contribution in [0, 0.1) is 0 Å². The zero-order valence-corrected chi connectivity index (χ0v) is 21.1. The molecule has 1 aliphatic rings. The Balaban J connectivity index is 1.55. The van der Waals surface area contributed by atoms with Gasteiger partial charge in [-0.2, -0.15) is 9.78 Å². The molecule has 188 valence electrons. The monoisotopic (exact) mass is 563 g/mol. The van der Waals surface area contributed by atoms with E-state index >= 15 is 0 Å². The average molecular weight is 564 g/mol. The SMILES string of the molecule is O=C(O)c1cc(C(=O)O)cc(-c2ccc(C=Nn3c(C4CCCCC4)nc4ccc(Br)cc4c3=O)o2)c1. The van der Waals surface area contributed by atoms with E-state index in [0.29, 0.717) is 28.1 Å². The minimum atomic E-state index is -1.25. The minimum absolute atomic E-state index is 0.118. The van der Waals surface area contributed by atoms with E-state index in [-0.39, 0.29) is 28.4 Å². The van der Waals surface area contributed by atoms with Crippen LogP contribution >= 0.6 is 15.9 Å². The minimum Gasteiger partial charge on any atom is -0.478 e. The normalized spacial score (nSPS) is 14.4. The van der Waals surface area contributed by atoms with Crippen LogP contribution in [-0.2, 0) is 0 Å². The lowest BCUT2D eigenvalue weighted by Crippen LogP contribution is -2.25. The van der Waals surface area contributed by atoms with E-state index in [1.165, 1.54) is 23.0 Å². The Bertz CT molecular complexity index is 1580. The van der Waals surface area contributed by atoms with Crippen LogP contribution in [0.1, 0.15) is 70.3 Å². The molecule has 2 aromatic carbocycles. The maximum atomic E-state index is 13.4. The number of carboxylic acid groups (broad SMARTS) is 2. The van der Waals surface area contributed by atoms with E-state index < -0.39 is 11.9 Å². The smallest absolute Gasteiger partial charge is 0.335 e. The maximum Gasteiger partial charge on any atom is 0.335 e. The molecule has 0 aliphatic heterocycles. The van der Waals surface area contributed by atoms with Gasteiger partial charge in [0.25, 0.3) is 5.56 Å². The van der Waals surface area contributed by atoms with Crippen LogP contribution in [0.5, 0.6) is 0 Å². The number of fused-ring (bicyclic) bond motifs is 1. The maximum absolute atomic E-state index is 13.4. The molecular weight excluding hydrogens is 542 g/mol. The number of furan rings is 1. The first-order valence-electron chi connectivity index (χ1n) is 11.8. The van der Waals surface area contributed by atoms with Gasteiger partial charge < -0.3 is 14.6 Å². The lowest BCUT2D eigenvalue weighted by atomic mass is 9.88. The number of aromatic carboxylic acids is 2. The van der Waals surface area contributed by atoms with Crippen molar-refractivity contribution in [3.63, 3.8) is 0 Å². The molecule has 1 fully saturated rings. The van der Waals surface area contributed by atoms with Gasteiger partial charge in [0, 0.05) is 16.0 Å². The number of halogens is 1. The van der Waals surface area contributed by atoms with E-state index in [9.17, 15) is 24.6 Å². The number of carbonyl (C=O) groups is 2. The molecule has 4 aromatic rings. The van der Waals surface area contributed by atoms with E-state index in [1.807, 2.05) is 12.1 Å². The molecule has 37 heavy (non-hydrogen) atoms. The Morgan fingerprint density at radius 3 is 2.38 bits per heavy atom. The number of carboxylic acids is 2. The third kappa shape index (κ3) is 5.10. The number of hydrogen-bond acceptors (Lipinski definition) is 6. The Labute approximate surface area is 219 Å². The van der Waals surface area contributed by atoms with Crippen molar-refractivity contribution in [3.8, 4) is 11.3 Å². The largest absolute Gasteiger partial charge is 0.478 e. The summed E-state index contributed by atoms with van der Waals surface area (Å²) in [4.78, 5) is 41.1. The van der Waals surface area contributed by atoms with Crippen molar-refractivity contribution in [2.75, 3.05) is 0 Å². The average Bonchev–Trinajstić information content (AvgIpc) is 3.37. The molecule has 0 bridgehead atoms. The first-order chi connectivity index (χ1) is 17.8. The molecule has 10 heteroatoms. The van der Waals surface area contributed by atoms with Gasteiger partial charge in [-0.25, -0.2) is 14.6 Å². The van der Waals surface area contributed by atoms with Crippen LogP contribution in [0.3, 0.4) is 0 Å². The quantitative estimate of drug-likeness (QED) is 0.285. The van der Waals surface area contributed by atoms with E-state index in [1.54, 1.807) is 18.2 Å². The molecule has 0 saturated heterocycles. The summed E-state index contributed by atoms with van der Waals surface area (Å²) in [5, 5.41) is 23.6. The fraction of sp³-hybridized carbons (Fsp3) is 0.222. The third-order valence-electron chi connectivity index (χ3n) is 6.44. The van der Waals surface area contributed by atoms with Crippen molar-refractivity contribution in [2.45, 2.75) is 38.0 Å². The predicted octanol–water partition coefficient (Wildman–Crippen LogP) is 5.75. The highest BCUT2D eigenvalue weighted by Gasteiger charge is 2.22. The molecular formula is C27H22BrN3O6. The van der Waals surface area contributed by atoms with Crippen LogP contribution < -0.4 is 5.56 Å². The van der Waals surface area contributed by atoms with Crippen molar-refractivity contribution in [2.24, 2.45) is 5.10 Å². The lowest BCUT2D eigenvalue weighted by molar-refractivity contribution is 0.0696. The van der Waals surface area contributed by atoms with Crippen molar-refractivity contribution < 1.29 is 24.2 Å². The Morgan fingerprint density at radius 2 is 1.70 bits per heavy atom. The van der Waals surface area contributed by atoms with Crippen LogP contribution in [0.4, 0.5) is 0 Å². The van der Waals surface area contributed by atoms with Crippen molar-refractivity contribution in [3.05, 3.63) is 86.1 Å². The van der Waals surface area contributed by atoms with Gasteiger partial charge in [-0.05, 0) is 61.4 Å². The van der Waals surface area contributed by atoms with Gasteiger partial charge in [0.05, 0.1) is 28.2 Å². The topological polar surface area (TPSA) is 135 Å². The second kappa shape index (κ2) is 10.1. The third-order valence-corrected chi connectivity index (χ3v) is 6.94. The van der Waals surface area contributed by atoms with Crippen LogP contribution in [-0.4, -0.2) is 38.0 Å². The highest BCUT2D eigenvalue weighted by Crippen LogP contribution is 2.32. The molecule has 9 nitrogen and oxygen atoms in total. The first kappa shape index (κ1) is 24.6. The van der Waals surface area contributed by atoms with Crippen LogP contribution in [0.25, 0.3) is 22.2 Å². The molecule has 0 unspecified atom stereocenters. The van der Waals surface area contributed by atoms with E-state index in [2.05, 4.69) is 21.0 Å². The summed E-state index contributed by atoms with van der Waals surface area (Å²) in [6.45, 7) is 0. The second-order valence-corrected chi connectivity index (χ2v) is 9.85. The van der Waals surface area contributed by atoms with Gasteiger partial charge in [0.1, 0.15) is 17.3 Å². The summed E-state index contributed by atoms with van der Waals surface area (Å²) < 4.78 is 7.91. The summed E-state index contributed by atoms with van der Waals surface area (Å²) in [6, 6.07) is 12.4. The number of rotatable bonds is 6. The molecule has 2 N–H and O–H groups in total. The Hall–Kier alpha value is -4.05. The van der Waals surface area contributed by atoms with Crippen molar-refractivity contribution in [1.29, 1.82) is 0 Å². The molecule has 0 atom stereocenters. The summed E-state index contributed by atoms with van der Waals surface area (Å²) in [6.07, 6.45) is 6.56. The summed E-state index contributed by atoms with van der Waals surface area (Å²) in [5.41, 5.74) is 0.301. The highest BCUT2D eigenvalue weighted by molar-refractivity contribution is 9.10. The fourth-order valence-corrected chi connectivity index (χ4v) is 4.97. The lowest BCUT2D eigenvalue weighted by Gasteiger charge is -2.22. The molecule has 2 aromatic heterocycles. The highest BCUT2D eigenvalue weighted by atomic mass is 79.9. The fourth-order valence-electron chi connectivity index (χ4n) is 4.61. The molecule has 1 aliphatic carbocycles. The van der Waals surface area contributed by atoms with Crippen LogP contribution in [0.15, 0.2) is 67.3 Å². The van der Waals surface area contributed by atoms with E-state index in [4.69, 9.17) is 9.40 Å². The summed E-state index contributed by atoms with van der Waals surface area (Å²) in [7, 11) is 0. The van der Waals surface area contributed by atoms with Gasteiger partial charge in [0.2, 0.25) is 0 Å². The molecule has 2 heterocycles. The molecule has 0 radical (unpaired) electrons.